The summed E-state index contributed by atoms with van der Waals surface area (Å²) in [4.78, 5) is 80.7. The van der Waals surface area contributed by atoms with Crippen LogP contribution < -0.4 is 5.32 Å². The number of benzene rings is 1. The van der Waals surface area contributed by atoms with Gasteiger partial charge in [-0.25, -0.2) is 0 Å². The largest absolute Gasteiger partial charge is 0.354 e. The second-order valence-corrected chi connectivity index (χ2v) is 41.0. The minimum atomic E-state index is -0.277. The first-order valence-electron chi connectivity index (χ1n) is 49.5. The van der Waals surface area contributed by atoms with Crippen molar-refractivity contribution in [3.63, 3.8) is 0 Å². The third kappa shape index (κ3) is 67.4. The zero-order valence-corrected chi connectivity index (χ0v) is 83.0. The predicted molar refractivity (Wildman–Crippen MR) is 516 cm³/mol. The molecular weight excluding hydrogens is 1490 g/mol. The number of hydrogen-bond donors (Lipinski definition) is 1. The van der Waals surface area contributed by atoms with E-state index < -0.39 is 0 Å². The van der Waals surface area contributed by atoms with Gasteiger partial charge in [0.15, 0.2) is 12.1 Å². The number of aldehydes is 1. The third-order valence-electron chi connectivity index (χ3n) is 22.2. The molecule has 120 heavy (non-hydrogen) atoms. The van der Waals surface area contributed by atoms with Crippen LogP contribution in [-0.4, -0.2) is 298 Å². The number of carbonyl (C=O) groups excluding carboxylic acids is 5. The molecule has 700 valence electrons. The summed E-state index contributed by atoms with van der Waals surface area (Å²) in [6.45, 7) is 86.9. The highest BCUT2D eigenvalue weighted by atomic mass is 16.2. The lowest BCUT2D eigenvalue weighted by atomic mass is 10.1. The second kappa shape index (κ2) is 72.1. The monoisotopic (exact) mass is 1680 g/mol. The van der Waals surface area contributed by atoms with E-state index in [1.165, 1.54) is 233 Å². The van der Waals surface area contributed by atoms with E-state index >= 15 is 0 Å². The fourth-order valence-electron chi connectivity index (χ4n) is 16.6. The molecule has 18 nitrogen and oxygen atoms in total. The molecule has 0 saturated carbocycles. The Morgan fingerprint density at radius 2 is 0.692 bits per heavy atom. The van der Waals surface area contributed by atoms with E-state index in [2.05, 4.69) is 243 Å². The van der Waals surface area contributed by atoms with Gasteiger partial charge in [-0.3, -0.25) is 38.7 Å². The molecule has 10 heterocycles. The number of nitrogens with zero attached hydrogens (tertiary/aromatic N) is 12. The third-order valence-corrected chi connectivity index (χ3v) is 22.2. The van der Waals surface area contributed by atoms with Crippen molar-refractivity contribution in [1.29, 1.82) is 0 Å². The highest BCUT2D eigenvalue weighted by molar-refractivity contribution is 6.24. The van der Waals surface area contributed by atoms with Crippen LogP contribution in [0.15, 0.2) is 54.9 Å². The number of amides is 2. The number of rotatable bonds is 28. The average Bonchev–Trinajstić information content (AvgIpc) is 1.11. The molecule has 9 fully saturated rings. The number of piperazine rings is 3. The lowest BCUT2D eigenvalue weighted by molar-refractivity contribution is -0.137. The minimum absolute atomic E-state index is 0.269. The van der Waals surface area contributed by atoms with Crippen molar-refractivity contribution in [1.82, 2.24) is 63.8 Å². The minimum Gasteiger partial charge on any atom is -0.354 e. The number of piperidine rings is 5. The number of hydrogen-bond acceptors (Lipinski definition) is 15. The van der Waals surface area contributed by atoms with Crippen molar-refractivity contribution in [3.05, 3.63) is 60.4 Å². The van der Waals surface area contributed by atoms with Crippen LogP contribution in [0.5, 0.6) is 0 Å². The molecule has 9 saturated heterocycles. The summed E-state index contributed by atoms with van der Waals surface area (Å²) in [6, 6.07) is 14.5. The van der Waals surface area contributed by atoms with Crippen molar-refractivity contribution < 1.29 is 24.0 Å². The standard InChI is InChI=1S/C15H22N2O.C9H18N2O.C9H20N2.C9H17NO.4C9H19N.C8H17N.C8H13N.C8H14O2/c1-13(2)10-17-9-8-16(12-15(17)18)11-14-6-4-3-5-7-14;1-8(2)6-11-5-4-10(3)7-9(11)12;1-9(2)3-6-11-7-4-10-5-8-11;1-8(2)6-10-5-3-4-9(11)7-10;4*1-9(2)8-10-6-4-3-5-7-10;2*1-8(2)7-9-5-3-4-6-9;1-7(2)4-3-5-8(10)6-9/h3-7,13H,8-12H2,1-2H3;8H,4-7H2,1-3H3;9-10H,3-8H2,1-2H3;8H,3-7H2,1-2H3;4*9H,3-8H2,1-2H3;8H,3-7H2,1-2H3;3-6,8H,7H2,1-2H3;6-7H,3-5H2,1-2H3. The Morgan fingerprint density at radius 1 is 0.342 bits per heavy atom. The van der Waals surface area contributed by atoms with Crippen molar-refractivity contribution in [3.8, 4) is 0 Å². The molecule has 2 amide bonds. The number of Topliss-reactive ketones (excluding diaryl/α,β-unsaturated/α-hetero) is 2. The molecule has 0 spiro atoms. The first-order chi connectivity index (χ1) is 57.1. The molecule has 0 atom stereocenters. The number of aromatic nitrogens is 1. The zero-order chi connectivity index (χ0) is 89.4. The highest BCUT2D eigenvalue weighted by Crippen LogP contribution is 2.18. The van der Waals surface area contributed by atoms with Gasteiger partial charge in [-0.1, -0.05) is 215 Å². The molecule has 0 unspecified atom stereocenters. The van der Waals surface area contributed by atoms with E-state index in [9.17, 15) is 24.0 Å². The molecule has 9 aliphatic rings. The average molecular weight is 1690 g/mol. The molecule has 1 aromatic carbocycles. The van der Waals surface area contributed by atoms with Crippen molar-refractivity contribution in [2.24, 2.45) is 65.1 Å². The molecular formula is C102H197N13O5. The Hall–Kier alpha value is -3.95. The van der Waals surface area contributed by atoms with Crippen LogP contribution in [0.4, 0.5) is 0 Å². The van der Waals surface area contributed by atoms with Crippen molar-refractivity contribution in [2.45, 2.75) is 294 Å². The van der Waals surface area contributed by atoms with E-state index in [0.717, 1.165) is 133 Å². The van der Waals surface area contributed by atoms with Crippen molar-refractivity contribution in [2.75, 3.05) is 210 Å². The summed E-state index contributed by atoms with van der Waals surface area (Å²) >= 11 is 0. The fourth-order valence-corrected chi connectivity index (χ4v) is 16.6. The number of likely N-dealkylation sites (tertiary alicyclic amines) is 6. The summed E-state index contributed by atoms with van der Waals surface area (Å²) in [5.41, 5.74) is 1.28. The first-order valence-corrected chi connectivity index (χ1v) is 49.5. The number of carbonyl (C=O) groups is 5. The Kier molecular flexibility index (Phi) is 68.5. The number of nitrogens with one attached hydrogen (secondary N) is 1. The molecule has 2 aromatic rings. The van der Waals surface area contributed by atoms with Crippen LogP contribution in [0.1, 0.15) is 286 Å². The molecule has 1 N–H and O–H groups in total. The summed E-state index contributed by atoms with van der Waals surface area (Å²) in [6.07, 6.45) is 30.1. The Bertz CT molecular complexity index is 2590. The smallest absolute Gasteiger partial charge is 0.236 e. The highest BCUT2D eigenvalue weighted by Gasteiger charge is 2.26. The summed E-state index contributed by atoms with van der Waals surface area (Å²) in [5.74, 6) is 8.95. The van der Waals surface area contributed by atoms with Crippen LogP contribution in [0, 0.1) is 65.1 Å². The topological polar surface area (TPSA) is 138 Å². The first kappa shape index (κ1) is 114. The van der Waals surface area contributed by atoms with Crippen LogP contribution in [0.2, 0.25) is 0 Å². The molecule has 0 aliphatic carbocycles. The summed E-state index contributed by atoms with van der Waals surface area (Å²) in [5, 5.41) is 3.36. The zero-order valence-electron chi connectivity index (χ0n) is 83.0. The van der Waals surface area contributed by atoms with Gasteiger partial charge >= 0.3 is 0 Å². The van der Waals surface area contributed by atoms with Crippen LogP contribution in [0.3, 0.4) is 0 Å². The summed E-state index contributed by atoms with van der Waals surface area (Å²) in [7, 11) is 1.99. The Balaban J connectivity index is 0.000000664. The molecule has 0 bridgehead atoms. The van der Waals surface area contributed by atoms with Gasteiger partial charge in [0.25, 0.3) is 0 Å². The van der Waals surface area contributed by atoms with E-state index in [4.69, 9.17) is 0 Å². The second-order valence-electron chi connectivity index (χ2n) is 41.0. The Labute approximate surface area is 742 Å². The van der Waals surface area contributed by atoms with E-state index in [1.54, 1.807) is 0 Å². The van der Waals surface area contributed by atoms with Gasteiger partial charge in [-0.05, 0) is 252 Å². The Morgan fingerprint density at radius 3 is 1.03 bits per heavy atom. The fraction of sp³-hybridized carbons (Fsp3) is 0.853. The van der Waals surface area contributed by atoms with Gasteiger partial charge in [0.1, 0.15) is 5.78 Å². The maximum atomic E-state index is 12.0. The van der Waals surface area contributed by atoms with E-state index in [0.29, 0.717) is 61.8 Å². The van der Waals surface area contributed by atoms with Gasteiger partial charge in [0.2, 0.25) is 11.8 Å². The molecule has 1 aromatic heterocycles. The predicted octanol–water partition coefficient (Wildman–Crippen LogP) is 18.6. The molecule has 9 aliphatic heterocycles. The molecule has 18 heteroatoms. The lowest BCUT2D eigenvalue weighted by Crippen LogP contribution is -2.50. The molecule has 11 rings (SSSR count). The molecule has 0 radical (unpaired) electrons. The SMILES string of the molecule is CC(C)CCCC(=O)C=O.CC(C)CCN1CCNCC1.CC(C)CN1CCCC(=O)C1.CC(C)CN1CCCC1.CC(C)CN1CCCCC1.CC(C)CN1CCCCC1.CC(C)CN1CCCCC1.CC(C)CN1CCCCC1.CC(C)CN1CCN(C)CC1=O.CC(C)CN1CCN(Cc2ccccc2)CC1=O.CC(C)Cn1cccc1. The number of ketones is 2. The van der Waals surface area contributed by atoms with Crippen LogP contribution in [-0.2, 0) is 37.1 Å². The maximum absolute atomic E-state index is 12.0. The van der Waals surface area contributed by atoms with Gasteiger partial charge in [-0.2, -0.15) is 0 Å². The lowest BCUT2D eigenvalue weighted by Gasteiger charge is -2.35. The van der Waals surface area contributed by atoms with Gasteiger partial charge in [0.05, 0.1) is 19.6 Å². The van der Waals surface area contributed by atoms with Crippen LogP contribution in [0.25, 0.3) is 0 Å². The number of likely N-dealkylation sites (N-methyl/N-ethyl adjacent to an activating group) is 1. The van der Waals surface area contributed by atoms with Crippen molar-refractivity contribution >= 4 is 29.7 Å². The van der Waals surface area contributed by atoms with Gasteiger partial charge in [-0.15, -0.1) is 0 Å². The van der Waals surface area contributed by atoms with E-state index in [-0.39, 0.29) is 17.6 Å². The van der Waals surface area contributed by atoms with Gasteiger partial charge < -0.3 is 49.1 Å². The normalized spacial score (nSPS) is 19.1. The summed E-state index contributed by atoms with van der Waals surface area (Å²) < 4.78 is 2.20. The van der Waals surface area contributed by atoms with Crippen LogP contribution >= 0.6 is 0 Å². The van der Waals surface area contributed by atoms with Gasteiger partial charge in [0, 0.05) is 143 Å². The quantitative estimate of drug-likeness (QED) is 0.0638. The maximum Gasteiger partial charge on any atom is 0.236 e. The van der Waals surface area contributed by atoms with E-state index in [1.807, 2.05) is 35.0 Å².